The number of carboxylic acid groups (broad SMARTS) is 2. The van der Waals surface area contributed by atoms with Crippen molar-refractivity contribution in [3.8, 4) is 0 Å². The maximum Gasteiger partial charge on any atom is 0.318 e. The van der Waals surface area contributed by atoms with E-state index in [-0.39, 0.29) is 5.92 Å². The van der Waals surface area contributed by atoms with Gasteiger partial charge in [-0.15, -0.1) is 0 Å². The second-order valence-corrected chi connectivity index (χ2v) is 4.17. The van der Waals surface area contributed by atoms with Crippen molar-refractivity contribution in [3.63, 3.8) is 0 Å². The van der Waals surface area contributed by atoms with Crippen molar-refractivity contribution in [3.05, 3.63) is 0 Å². The molecule has 0 fully saturated rings. The van der Waals surface area contributed by atoms with Crippen molar-refractivity contribution in [2.45, 2.75) is 52.4 Å². The van der Waals surface area contributed by atoms with Crippen LogP contribution in [0.25, 0.3) is 0 Å². The molecule has 0 aliphatic carbocycles. The minimum Gasteiger partial charge on any atom is -0.481 e. The first-order valence-electron chi connectivity index (χ1n) is 6.00. The molecular formula is C12H22O4. The average Bonchev–Trinajstić information content (AvgIpc) is 2.21. The molecule has 16 heavy (non-hydrogen) atoms. The normalized spacial score (nSPS) is 12.7. The topological polar surface area (TPSA) is 74.6 Å². The molecule has 94 valence electrons. The highest BCUT2D eigenvalue weighted by Crippen LogP contribution is 2.23. The van der Waals surface area contributed by atoms with Crippen molar-refractivity contribution in [2.24, 2.45) is 11.8 Å². The molecule has 0 saturated heterocycles. The SMILES string of the molecule is CCCCCCC(CC)C(C(=O)O)C(=O)O. The van der Waals surface area contributed by atoms with Crippen molar-refractivity contribution in [2.75, 3.05) is 0 Å². The number of carbonyl (C=O) groups is 2. The molecule has 0 aromatic heterocycles. The average molecular weight is 230 g/mol. The van der Waals surface area contributed by atoms with Gasteiger partial charge in [-0.1, -0.05) is 46.0 Å². The Bertz CT molecular complexity index is 211. The Morgan fingerprint density at radius 1 is 1.00 bits per heavy atom. The summed E-state index contributed by atoms with van der Waals surface area (Å²) in [5.41, 5.74) is 0. The van der Waals surface area contributed by atoms with Crippen LogP contribution in [-0.4, -0.2) is 22.2 Å². The number of unbranched alkanes of at least 4 members (excludes halogenated alkanes) is 3. The minimum atomic E-state index is -1.24. The molecule has 0 bridgehead atoms. The molecule has 4 nitrogen and oxygen atoms in total. The fraction of sp³-hybridized carbons (Fsp3) is 0.833. The molecule has 2 N–H and O–H groups in total. The number of carboxylic acids is 2. The van der Waals surface area contributed by atoms with Crippen LogP contribution in [0.3, 0.4) is 0 Å². The molecule has 1 atom stereocenters. The Morgan fingerprint density at radius 2 is 1.56 bits per heavy atom. The van der Waals surface area contributed by atoms with E-state index in [2.05, 4.69) is 6.92 Å². The molecule has 0 spiro atoms. The standard InChI is InChI=1S/C12H22O4/c1-3-5-6-7-8-9(4-2)10(11(13)14)12(15)16/h9-10H,3-8H2,1-2H3,(H,13,14)(H,15,16). The summed E-state index contributed by atoms with van der Waals surface area (Å²) in [6.45, 7) is 3.96. The summed E-state index contributed by atoms with van der Waals surface area (Å²) >= 11 is 0. The number of hydrogen-bond acceptors (Lipinski definition) is 2. The van der Waals surface area contributed by atoms with E-state index >= 15 is 0 Å². The molecule has 0 aliphatic rings. The first-order valence-corrected chi connectivity index (χ1v) is 6.00. The molecule has 0 rings (SSSR count). The summed E-state index contributed by atoms with van der Waals surface area (Å²) in [5, 5.41) is 17.7. The van der Waals surface area contributed by atoms with Gasteiger partial charge in [-0.2, -0.15) is 0 Å². The maximum atomic E-state index is 10.8. The summed E-state index contributed by atoms with van der Waals surface area (Å²) in [6.07, 6.45) is 5.52. The fourth-order valence-corrected chi connectivity index (χ4v) is 1.95. The minimum absolute atomic E-state index is 0.244. The van der Waals surface area contributed by atoms with Crippen LogP contribution >= 0.6 is 0 Å². The molecule has 0 saturated carbocycles. The first-order chi connectivity index (χ1) is 7.54. The van der Waals surface area contributed by atoms with Crippen LogP contribution in [0.4, 0.5) is 0 Å². The zero-order valence-electron chi connectivity index (χ0n) is 10.1. The highest BCUT2D eigenvalue weighted by Gasteiger charge is 2.33. The summed E-state index contributed by atoms with van der Waals surface area (Å²) in [7, 11) is 0. The molecule has 1 unspecified atom stereocenters. The molecule has 0 heterocycles. The van der Waals surface area contributed by atoms with Gasteiger partial charge < -0.3 is 10.2 Å². The summed E-state index contributed by atoms with van der Waals surface area (Å²) < 4.78 is 0. The second-order valence-electron chi connectivity index (χ2n) is 4.17. The number of hydrogen-bond donors (Lipinski definition) is 2. The van der Waals surface area contributed by atoms with Gasteiger partial charge in [0.2, 0.25) is 0 Å². The van der Waals surface area contributed by atoms with E-state index in [9.17, 15) is 9.59 Å². The predicted molar refractivity (Wildman–Crippen MR) is 61.3 cm³/mol. The second kappa shape index (κ2) is 8.13. The van der Waals surface area contributed by atoms with Gasteiger partial charge in [0.25, 0.3) is 0 Å². The molecule has 4 heteroatoms. The van der Waals surface area contributed by atoms with Gasteiger partial charge in [-0.05, 0) is 12.3 Å². The van der Waals surface area contributed by atoms with E-state index in [0.29, 0.717) is 12.8 Å². The largest absolute Gasteiger partial charge is 0.481 e. The van der Waals surface area contributed by atoms with E-state index in [4.69, 9.17) is 10.2 Å². The smallest absolute Gasteiger partial charge is 0.318 e. The third-order valence-corrected chi connectivity index (χ3v) is 2.96. The maximum absolute atomic E-state index is 10.8. The number of rotatable bonds is 9. The van der Waals surface area contributed by atoms with Gasteiger partial charge in [-0.25, -0.2) is 0 Å². The van der Waals surface area contributed by atoms with Crippen molar-refractivity contribution in [1.29, 1.82) is 0 Å². The van der Waals surface area contributed by atoms with E-state index in [1.807, 2.05) is 6.92 Å². The van der Waals surface area contributed by atoms with Gasteiger partial charge >= 0.3 is 11.9 Å². The third kappa shape index (κ3) is 5.14. The molecule has 0 aliphatic heterocycles. The van der Waals surface area contributed by atoms with Gasteiger partial charge in [0.15, 0.2) is 5.92 Å². The Kier molecular flexibility index (Phi) is 7.60. The van der Waals surface area contributed by atoms with E-state index < -0.39 is 17.9 Å². The number of aliphatic carboxylic acids is 2. The molecule has 0 aromatic rings. The Labute approximate surface area is 96.7 Å². The zero-order valence-corrected chi connectivity index (χ0v) is 10.1. The summed E-state index contributed by atoms with van der Waals surface area (Å²) in [6, 6.07) is 0. The lowest BCUT2D eigenvalue weighted by Crippen LogP contribution is -2.31. The molecule has 0 radical (unpaired) electrons. The Hall–Kier alpha value is -1.06. The van der Waals surface area contributed by atoms with Gasteiger partial charge in [0, 0.05) is 0 Å². The highest BCUT2D eigenvalue weighted by molar-refractivity contribution is 5.93. The van der Waals surface area contributed by atoms with Crippen molar-refractivity contribution in [1.82, 2.24) is 0 Å². The summed E-state index contributed by atoms with van der Waals surface area (Å²) in [4.78, 5) is 21.7. The van der Waals surface area contributed by atoms with Crippen LogP contribution in [0.15, 0.2) is 0 Å². The van der Waals surface area contributed by atoms with Crippen molar-refractivity contribution >= 4 is 11.9 Å². The Morgan fingerprint density at radius 3 is 1.94 bits per heavy atom. The lowest BCUT2D eigenvalue weighted by Gasteiger charge is -2.19. The van der Waals surface area contributed by atoms with Crippen LogP contribution < -0.4 is 0 Å². The predicted octanol–water partition coefficient (Wildman–Crippen LogP) is 2.77. The van der Waals surface area contributed by atoms with Gasteiger partial charge in [0.05, 0.1) is 0 Å². The van der Waals surface area contributed by atoms with Crippen molar-refractivity contribution < 1.29 is 19.8 Å². The molecule has 0 amide bonds. The van der Waals surface area contributed by atoms with Crippen LogP contribution in [0.1, 0.15) is 52.4 Å². The van der Waals surface area contributed by atoms with Gasteiger partial charge in [-0.3, -0.25) is 9.59 Å². The first kappa shape index (κ1) is 14.9. The van der Waals surface area contributed by atoms with E-state index in [0.717, 1.165) is 25.7 Å². The summed E-state index contributed by atoms with van der Waals surface area (Å²) in [5.74, 6) is -3.91. The quantitative estimate of drug-likeness (QED) is 0.472. The fourth-order valence-electron chi connectivity index (χ4n) is 1.95. The third-order valence-electron chi connectivity index (χ3n) is 2.96. The lowest BCUT2D eigenvalue weighted by molar-refractivity contribution is -0.157. The zero-order chi connectivity index (χ0) is 12.6. The molecule has 0 aromatic carbocycles. The Balaban J connectivity index is 4.22. The van der Waals surface area contributed by atoms with Crippen LogP contribution in [0.2, 0.25) is 0 Å². The van der Waals surface area contributed by atoms with Gasteiger partial charge in [0.1, 0.15) is 0 Å². The monoisotopic (exact) mass is 230 g/mol. The van der Waals surface area contributed by atoms with Crippen LogP contribution in [-0.2, 0) is 9.59 Å². The molecular weight excluding hydrogens is 208 g/mol. The lowest BCUT2D eigenvalue weighted by atomic mass is 9.85. The van der Waals surface area contributed by atoms with E-state index in [1.165, 1.54) is 0 Å². The van der Waals surface area contributed by atoms with E-state index in [1.54, 1.807) is 0 Å². The highest BCUT2D eigenvalue weighted by atomic mass is 16.4. The van der Waals surface area contributed by atoms with Crippen LogP contribution in [0, 0.1) is 11.8 Å². The van der Waals surface area contributed by atoms with Crippen LogP contribution in [0.5, 0.6) is 0 Å².